The van der Waals surface area contributed by atoms with Crippen LogP contribution in [0.3, 0.4) is 0 Å². The van der Waals surface area contributed by atoms with E-state index in [0.717, 1.165) is 51.8 Å². The Kier molecular flexibility index (Phi) is 4.84. The molecule has 0 radical (unpaired) electrons. The quantitative estimate of drug-likeness (QED) is 0.371. The molecule has 0 bridgehead atoms. The summed E-state index contributed by atoms with van der Waals surface area (Å²) in [6.07, 6.45) is 7.82. The van der Waals surface area contributed by atoms with Gasteiger partial charge in [0.25, 0.3) is 0 Å². The van der Waals surface area contributed by atoms with Gasteiger partial charge in [0.05, 0.1) is 35.2 Å². The van der Waals surface area contributed by atoms with Gasteiger partial charge in [-0.25, -0.2) is 0 Å². The van der Waals surface area contributed by atoms with Crippen LogP contribution in [0.5, 0.6) is 11.5 Å². The Balaban J connectivity index is 1.37. The molecule has 144 valence electrons. The van der Waals surface area contributed by atoms with Crippen molar-refractivity contribution in [3.05, 3.63) is 108 Å². The first-order valence-electron chi connectivity index (χ1n) is 9.67. The number of aromatic nitrogens is 2. The minimum Gasteiger partial charge on any atom is -0.457 e. The van der Waals surface area contributed by atoms with Crippen LogP contribution in [0.4, 0.5) is 11.4 Å². The first-order valence-corrected chi connectivity index (χ1v) is 9.67. The third-order valence-corrected chi connectivity index (χ3v) is 4.76. The largest absolute Gasteiger partial charge is 0.457 e. The number of aliphatic imine (C=N–C) groups is 2. The van der Waals surface area contributed by atoms with Crippen molar-refractivity contribution in [1.82, 2.24) is 9.97 Å². The van der Waals surface area contributed by atoms with E-state index < -0.39 is 0 Å². The fraction of sp³-hybridized carbons (Fsp3) is 0.0400. The van der Waals surface area contributed by atoms with Gasteiger partial charge in [-0.15, -0.1) is 0 Å². The van der Waals surface area contributed by atoms with Crippen LogP contribution in [-0.4, -0.2) is 22.4 Å². The summed E-state index contributed by atoms with van der Waals surface area (Å²) in [5.41, 5.74) is 5.60. The number of benzene rings is 2. The summed E-state index contributed by atoms with van der Waals surface area (Å²) >= 11 is 0. The van der Waals surface area contributed by atoms with E-state index in [1.165, 1.54) is 0 Å². The van der Waals surface area contributed by atoms with Crippen LogP contribution in [0.25, 0.3) is 0 Å². The molecular weight excluding hydrogens is 372 g/mol. The molecule has 5 heteroatoms. The van der Waals surface area contributed by atoms with E-state index in [-0.39, 0.29) is 0 Å². The summed E-state index contributed by atoms with van der Waals surface area (Å²) in [7, 11) is 0. The van der Waals surface area contributed by atoms with Crippen LogP contribution in [-0.2, 0) is 6.42 Å². The molecule has 0 spiro atoms. The van der Waals surface area contributed by atoms with Gasteiger partial charge in [-0.1, -0.05) is 12.1 Å². The number of pyridine rings is 2. The molecule has 0 fully saturated rings. The fourth-order valence-electron chi connectivity index (χ4n) is 3.28. The van der Waals surface area contributed by atoms with Gasteiger partial charge in [-0.05, 0) is 60.7 Å². The van der Waals surface area contributed by atoms with Gasteiger partial charge in [-0.2, -0.15) is 0 Å². The molecule has 0 saturated heterocycles. The van der Waals surface area contributed by atoms with Crippen molar-refractivity contribution in [2.45, 2.75) is 6.42 Å². The minimum absolute atomic E-state index is 0.768. The standard InChI is InChI=1S/C25H18N4O/c1-3-11-26-22(5-1)16-28-20-7-9-24-18(14-20)13-19-15-21(8-10-25(19)30-24)29-17-23-6-2-4-12-27-23/h1-12,14-17H,13H2. The van der Waals surface area contributed by atoms with Crippen LogP contribution in [0.2, 0.25) is 0 Å². The van der Waals surface area contributed by atoms with Crippen LogP contribution >= 0.6 is 0 Å². The average Bonchev–Trinajstić information content (AvgIpc) is 2.81. The van der Waals surface area contributed by atoms with E-state index in [0.29, 0.717) is 0 Å². The Labute approximate surface area is 174 Å². The second kappa shape index (κ2) is 8.09. The summed E-state index contributed by atoms with van der Waals surface area (Å²) in [4.78, 5) is 17.6. The molecule has 1 aliphatic heterocycles. The number of rotatable bonds is 4. The van der Waals surface area contributed by atoms with Crippen LogP contribution in [0, 0.1) is 0 Å². The van der Waals surface area contributed by atoms with E-state index in [4.69, 9.17) is 4.74 Å². The highest BCUT2D eigenvalue weighted by molar-refractivity contribution is 5.80. The summed E-state index contributed by atoms with van der Waals surface area (Å²) in [5.74, 6) is 1.73. The predicted molar refractivity (Wildman–Crippen MR) is 119 cm³/mol. The summed E-state index contributed by atoms with van der Waals surface area (Å²) in [6.45, 7) is 0. The second-order valence-corrected chi connectivity index (χ2v) is 6.89. The number of fused-ring (bicyclic) bond motifs is 2. The number of hydrogen-bond acceptors (Lipinski definition) is 5. The monoisotopic (exact) mass is 390 g/mol. The Morgan fingerprint density at radius 1 is 0.667 bits per heavy atom. The molecule has 0 amide bonds. The van der Waals surface area contributed by atoms with Gasteiger partial charge in [0.15, 0.2) is 0 Å². The van der Waals surface area contributed by atoms with E-state index in [9.17, 15) is 0 Å². The maximum absolute atomic E-state index is 6.08. The van der Waals surface area contributed by atoms with Crippen LogP contribution in [0.1, 0.15) is 22.5 Å². The zero-order valence-electron chi connectivity index (χ0n) is 16.1. The van der Waals surface area contributed by atoms with Crippen molar-refractivity contribution in [3.8, 4) is 11.5 Å². The summed E-state index contributed by atoms with van der Waals surface area (Å²) in [5, 5.41) is 0. The number of nitrogens with zero attached hydrogens (tertiary/aromatic N) is 4. The minimum atomic E-state index is 0.768. The molecule has 0 saturated carbocycles. The Morgan fingerprint density at radius 2 is 1.20 bits per heavy atom. The lowest BCUT2D eigenvalue weighted by Crippen LogP contribution is -2.02. The first-order chi connectivity index (χ1) is 14.8. The maximum Gasteiger partial charge on any atom is 0.131 e. The Bertz CT molecular complexity index is 1140. The molecule has 5 nitrogen and oxygen atoms in total. The molecule has 0 aliphatic carbocycles. The van der Waals surface area contributed by atoms with E-state index >= 15 is 0 Å². The van der Waals surface area contributed by atoms with Crippen molar-refractivity contribution in [3.63, 3.8) is 0 Å². The molecule has 0 unspecified atom stereocenters. The molecule has 0 atom stereocenters. The third-order valence-electron chi connectivity index (χ3n) is 4.76. The number of hydrogen-bond donors (Lipinski definition) is 0. The summed E-state index contributed by atoms with van der Waals surface area (Å²) in [6, 6.07) is 23.5. The van der Waals surface area contributed by atoms with E-state index in [1.54, 1.807) is 24.8 Å². The molecule has 1 aliphatic rings. The Hall–Kier alpha value is -4.12. The molecule has 2 aromatic carbocycles. The maximum atomic E-state index is 6.08. The van der Waals surface area contributed by atoms with Gasteiger partial charge in [0, 0.05) is 29.9 Å². The van der Waals surface area contributed by atoms with E-state index in [1.807, 2.05) is 60.7 Å². The van der Waals surface area contributed by atoms with Crippen molar-refractivity contribution in [2.24, 2.45) is 9.98 Å². The highest BCUT2D eigenvalue weighted by Gasteiger charge is 2.17. The second-order valence-electron chi connectivity index (χ2n) is 6.89. The van der Waals surface area contributed by atoms with Gasteiger partial charge >= 0.3 is 0 Å². The predicted octanol–water partition coefficient (Wildman–Crippen LogP) is 5.67. The molecule has 0 N–H and O–H groups in total. The lowest BCUT2D eigenvalue weighted by molar-refractivity contribution is 0.460. The average molecular weight is 390 g/mol. The summed E-state index contributed by atoms with van der Waals surface area (Å²) < 4.78 is 6.08. The van der Waals surface area contributed by atoms with Crippen LogP contribution < -0.4 is 4.74 Å². The highest BCUT2D eigenvalue weighted by atomic mass is 16.5. The van der Waals surface area contributed by atoms with Crippen molar-refractivity contribution < 1.29 is 4.74 Å². The van der Waals surface area contributed by atoms with E-state index in [2.05, 4.69) is 32.1 Å². The molecule has 4 aromatic rings. The molecule has 30 heavy (non-hydrogen) atoms. The van der Waals surface area contributed by atoms with Crippen molar-refractivity contribution in [2.75, 3.05) is 0 Å². The zero-order chi connectivity index (χ0) is 20.2. The molecule has 5 rings (SSSR count). The third kappa shape index (κ3) is 4.00. The van der Waals surface area contributed by atoms with Gasteiger partial charge in [-0.3, -0.25) is 20.0 Å². The normalized spacial score (nSPS) is 12.5. The topological polar surface area (TPSA) is 59.7 Å². The van der Waals surface area contributed by atoms with Gasteiger partial charge < -0.3 is 4.74 Å². The lowest BCUT2D eigenvalue weighted by Gasteiger charge is -2.20. The van der Waals surface area contributed by atoms with Crippen molar-refractivity contribution >= 4 is 23.8 Å². The fourth-order valence-corrected chi connectivity index (χ4v) is 3.28. The SMILES string of the molecule is C(=Nc1ccc2c(c1)Cc1cc(N=Cc3ccccn3)ccc1O2)c1ccccn1. The zero-order valence-corrected chi connectivity index (χ0v) is 16.1. The lowest BCUT2D eigenvalue weighted by atomic mass is 9.99. The van der Waals surface area contributed by atoms with Crippen LogP contribution in [0.15, 0.2) is 95.2 Å². The molecular formula is C25H18N4O. The smallest absolute Gasteiger partial charge is 0.131 e. The first kappa shape index (κ1) is 17.9. The van der Waals surface area contributed by atoms with Crippen molar-refractivity contribution in [1.29, 1.82) is 0 Å². The van der Waals surface area contributed by atoms with Gasteiger partial charge in [0.1, 0.15) is 11.5 Å². The van der Waals surface area contributed by atoms with Gasteiger partial charge in [0.2, 0.25) is 0 Å². The highest BCUT2D eigenvalue weighted by Crippen LogP contribution is 2.39. The molecule has 2 aromatic heterocycles. The number of ether oxygens (including phenoxy) is 1. The Morgan fingerprint density at radius 3 is 1.67 bits per heavy atom. The molecule has 3 heterocycles.